The second-order valence-corrected chi connectivity index (χ2v) is 8.01. The smallest absolute Gasteiger partial charge is 0.243 e. The van der Waals surface area contributed by atoms with E-state index < -0.39 is 0 Å². The topological polar surface area (TPSA) is 86.9 Å². The number of nitrogens with zero attached hydrogens (tertiary/aromatic N) is 1. The van der Waals surface area contributed by atoms with Crippen molar-refractivity contribution in [2.24, 2.45) is 5.92 Å². The van der Waals surface area contributed by atoms with Gasteiger partial charge in [0.25, 0.3) is 0 Å². The van der Waals surface area contributed by atoms with Crippen LogP contribution in [0.1, 0.15) is 69.5 Å². The lowest BCUT2D eigenvalue weighted by Gasteiger charge is -2.22. The molecule has 0 unspecified atom stereocenters. The summed E-state index contributed by atoms with van der Waals surface area (Å²) in [7, 11) is 0. The Morgan fingerprint density at radius 1 is 1.04 bits per heavy atom. The Kier molecular flexibility index (Phi) is 5.41. The number of amides is 2. The molecule has 6 heteroatoms. The molecule has 0 bridgehead atoms. The van der Waals surface area contributed by atoms with Crippen LogP contribution in [0.15, 0.2) is 18.2 Å². The quantitative estimate of drug-likeness (QED) is 0.724. The number of imidazole rings is 1. The fourth-order valence-corrected chi connectivity index (χ4v) is 4.09. The van der Waals surface area contributed by atoms with Gasteiger partial charge in [-0.3, -0.25) is 9.59 Å². The summed E-state index contributed by atoms with van der Waals surface area (Å²) in [6, 6.07) is 5.69. The van der Waals surface area contributed by atoms with Crippen LogP contribution in [0, 0.1) is 5.92 Å². The molecule has 0 radical (unpaired) electrons. The molecule has 2 aliphatic rings. The number of benzene rings is 1. The van der Waals surface area contributed by atoms with E-state index in [4.69, 9.17) is 0 Å². The summed E-state index contributed by atoms with van der Waals surface area (Å²) in [5.74, 6) is 1.86. The van der Waals surface area contributed by atoms with Crippen molar-refractivity contribution in [3.05, 3.63) is 24.0 Å². The van der Waals surface area contributed by atoms with Gasteiger partial charge >= 0.3 is 0 Å². The first kappa shape index (κ1) is 18.0. The van der Waals surface area contributed by atoms with Crippen molar-refractivity contribution in [1.29, 1.82) is 0 Å². The van der Waals surface area contributed by atoms with E-state index in [0.717, 1.165) is 35.4 Å². The molecule has 6 nitrogen and oxygen atoms in total. The van der Waals surface area contributed by atoms with E-state index in [0.29, 0.717) is 18.3 Å². The molecule has 144 valence electrons. The zero-order valence-corrected chi connectivity index (χ0v) is 15.7. The molecule has 27 heavy (non-hydrogen) atoms. The monoisotopic (exact) mass is 368 g/mol. The molecule has 2 saturated carbocycles. The van der Waals surface area contributed by atoms with Gasteiger partial charge in [0.1, 0.15) is 5.82 Å². The molecular weight excluding hydrogens is 340 g/mol. The van der Waals surface area contributed by atoms with Gasteiger partial charge in [0, 0.05) is 18.0 Å². The SMILES string of the molecule is O=C(CC1CCCCC1)NCC(=O)Nc1ccc2nc(C3CCC3)[nH]c2c1. The van der Waals surface area contributed by atoms with E-state index in [-0.39, 0.29) is 18.4 Å². The number of aromatic nitrogens is 2. The molecule has 3 N–H and O–H groups in total. The first-order valence-electron chi connectivity index (χ1n) is 10.2. The minimum Gasteiger partial charge on any atom is -0.347 e. The number of hydrogen-bond donors (Lipinski definition) is 3. The summed E-state index contributed by atoms with van der Waals surface area (Å²) in [6.07, 6.45) is 10.2. The number of nitrogens with one attached hydrogen (secondary N) is 3. The van der Waals surface area contributed by atoms with Crippen LogP contribution in [0.5, 0.6) is 0 Å². The minimum atomic E-state index is -0.204. The van der Waals surface area contributed by atoms with E-state index in [9.17, 15) is 9.59 Å². The first-order chi connectivity index (χ1) is 13.2. The highest BCUT2D eigenvalue weighted by atomic mass is 16.2. The maximum Gasteiger partial charge on any atom is 0.243 e. The van der Waals surface area contributed by atoms with Crippen molar-refractivity contribution in [1.82, 2.24) is 15.3 Å². The summed E-state index contributed by atoms with van der Waals surface area (Å²) in [6.45, 7) is 0.0138. The van der Waals surface area contributed by atoms with Crippen molar-refractivity contribution in [3.63, 3.8) is 0 Å². The largest absolute Gasteiger partial charge is 0.347 e. The van der Waals surface area contributed by atoms with Crippen LogP contribution in [0.3, 0.4) is 0 Å². The highest BCUT2D eigenvalue weighted by Crippen LogP contribution is 2.35. The summed E-state index contributed by atoms with van der Waals surface area (Å²) < 4.78 is 0. The van der Waals surface area contributed by atoms with Crippen molar-refractivity contribution in [2.75, 3.05) is 11.9 Å². The normalized spacial score (nSPS) is 18.2. The van der Waals surface area contributed by atoms with Crippen LogP contribution in [-0.4, -0.2) is 28.3 Å². The maximum atomic E-state index is 12.2. The average Bonchev–Trinajstić information content (AvgIpc) is 3.02. The lowest BCUT2D eigenvalue weighted by atomic mass is 9.85. The molecule has 1 aromatic carbocycles. The van der Waals surface area contributed by atoms with E-state index in [2.05, 4.69) is 20.6 Å². The zero-order valence-electron chi connectivity index (χ0n) is 15.7. The Bertz CT molecular complexity index is 819. The second-order valence-electron chi connectivity index (χ2n) is 8.01. The van der Waals surface area contributed by atoms with Gasteiger partial charge in [0.15, 0.2) is 0 Å². The molecule has 0 saturated heterocycles. The van der Waals surface area contributed by atoms with E-state index >= 15 is 0 Å². The second kappa shape index (κ2) is 8.11. The number of H-pyrrole nitrogens is 1. The highest BCUT2D eigenvalue weighted by molar-refractivity contribution is 5.96. The average molecular weight is 368 g/mol. The van der Waals surface area contributed by atoms with Gasteiger partial charge in [-0.1, -0.05) is 25.7 Å². The third kappa shape index (κ3) is 4.49. The molecule has 0 atom stereocenters. The van der Waals surface area contributed by atoms with Crippen LogP contribution in [0.2, 0.25) is 0 Å². The number of anilines is 1. The molecule has 1 heterocycles. The molecule has 4 rings (SSSR count). The van der Waals surface area contributed by atoms with Crippen molar-refractivity contribution < 1.29 is 9.59 Å². The van der Waals surface area contributed by atoms with Gasteiger partial charge in [-0.2, -0.15) is 0 Å². The molecule has 2 aromatic rings. The van der Waals surface area contributed by atoms with Crippen LogP contribution in [0.4, 0.5) is 5.69 Å². The van der Waals surface area contributed by atoms with E-state index in [1.807, 2.05) is 18.2 Å². The third-order valence-corrected chi connectivity index (χ3v) is 5.92. The number of hydrogen-bond acceptors (Lipinski definition) is 3. The Morgan fingerprint density at radius 2 is 1.85 bits per heavy atom. The summed E-state index contributed by atoms with van der Waals surface area (Å²) in [5, 5.41) is 5.61. The predicted molar refractivity (Wildman–Crippen MR) is 106 cm³/mol. The Hall–Kier alpha value is -2.37. The molecule has 1 aromatic heterocycles. The van der Waals surface area contributed by atoms with Gasteiger partial charge in [0.2, 0.25) is 11.8 Å². The van der Waals surface area contributed by atoms with Crippen molar-refractivity contribution in [2.45, 2.75) is 63.7 Å². The Morgan fingerprint density at radius 3 is 2.59 bits per heavy atom. The molecule has 2 fully saturated rings. The molecule has 2 aliphatic carbocycles. The van der Waals surface area contributed by atoms with E-state index in [1.165, 1.54) is 38.5 Å². The van der Waals surface area contributed by atoms with Crippen LogP contribution < -0.4 is 10.6 Å². The van der Waals surface area contributed by atoms with Crippen LogP contribution >= 0.6 is 0 Å². The number of carbonyl (C=O) groups is 2. The van der Waals surface area contributed by atoms with Crippen LogP contribution in [0.25, 0.3) is 11.0 Å². The van der Waals surface area contributed by atoms with E-state index in [1.54, 1.807) is 0 Å². The van der Waals surface area contributed by atoms with Gasteiger partial charge in [-0.25, -0.2) is 4.98 Å². The molecule has 0 aliphatic heterocycles. The number of fused-ring (bicyclic) bond motifs is 1. The van der Waals surface area contributed by atoms with Gasteiger partial charge in [-0.15, -0.1) is 0 Å². The highest BCUT2D eigenvalue weighted by Gasteiger charge is 2.22. The minimum absolute atomic E-state index is 0.0138. The van der Waals surface area contributed by atoms with Crippen LogP contribution in [-0.2, 0) is 9.59 Å². The lowest BCUT2D eigenvalue weighted by Crippen LogP contribution is -2.34. The fraction of sp³-hybridized carbons (Fsp3) is 0.571. The molecule has 2 amide bonds. The van der Waals surface area contributed by atoms with Gasteiger partial charge < -0.3 is 15.6 Å². The number of rotatable bonds is 6. The van der Waals surface area contributed by atoms with Gasteiger partial charge in [0.05, 0.1) is 17.6 Å². The summed E-state index contributed by atoms with van der Waals surface area (Å²) in [5.41, 5.74) is 2.59. The summed E-state index contributed by atoms with van der Waals surface area (Å²) >= 11 is 0. The zero-order chi connectivity index (χ0) is 18.6. The summed E-state index contributed by atoms with van der Waals surface area (Å²) in [4.78, 5) is 32.2. The third-order valence-electron chi connectivity index (χ3n) is 5.92. The molecular formula is C21H28N4O2. The number of aromatic amines is 1. The lowest BCUT2D eigenvalue weighted by molar-refractivity contribution is -0.125. The number of carbonyl (C=O) groups excluding carboxylic acids is 2. The maximum absolute atomic E-state index is 12.2. The predicted octanol–water partition coefficient (Wildman–Crippen LogP) is 3.86. The molecule has 0 spiro atoms. The van der Waals surface area contributed by atoms with Crippen molar-refractivity contribution in [3.8, 4) is 0 Å². The Balaban J connectivity index is 1.27. The first-order valence-corrected chi connectivity index (χ1v) is 10.2. The fourth-order valence-electron chi connectivity index (χ4n) is 4.09. The standard InChI is InChI=1S/C21H28N4O2/c26-19(11-14-5-2-1-3-6-14)22-13-20(27)23-16-9-10-17-18(12-16)25-21(24-17)15-7-4-8-15/h9-10,12,14-15H,1-8,11,13H2,(H,22,26)(H,23,27)(H,24,25). The van der Waals surface area contributed by atoms with Gasteiger partial charge in [-0.05, 0) is 49.8 Å². The Labute approximate surface area is 159 Å². The van der Waals surface area contributed by atoms with Crippen molar-refractivity contribution >= 4 is 28.5 Å².